The fourth-order valence-electron chi connectivity index (χ4n) is 3.06. The van der Waals surface area contributed by atoms with Gasteiger partial charge in [-0.3, -0.25) is 4.79 Å². The minimum absolute atomic E-state index is 0.165. The van der Waals surface area contributed by atoms with Crippen LogP contribution >= 0.6 is 11.3 Å². The number of ether oxygens (including phenoxy) is 2. The standard InChI is InChI=1S/C20H23NO4S/c1-3-14-11-16(20(23)24-4-2)19(26-14)21-18(22)12-17-15-8-6-5-7-13(15)9-10-25-17/h5-8,11,17H,3-4,9-10,12H2,1-2H3,(H,21,22). The molecule has 0 radical (unpaired) electrons. The molecule has 1 aliphatic heterocycles. The van der Waals surface area contributed by atoms with Gasteiger partial charge in [0.1, 0.15) is 5.00 Å². The van der Waals surface area contributed by atoms with Crippen LogP contribution in [0.2, 0.25) is 0 Å². The predicted molar refractivity (Wildman–Crippen MR) is 102 cm³/mol. The van der Waals surface area contributed by atoms with Crippen LogP contribution in [0.5, 0.6) is 0 Å². The van der Waals surface area contributed by atoms with Crippen molar-refractivity contribution in [1.29, 1.82) is 0 Å². The molecule has 2 aromatic rings. The van der Waals surface area contributed by atoms with Gasteiger partial charge in [0, 0.05) is 4.88 Å². The van der Waals surface area contributed by atoms with Gasteiger partial charge in [0.15, 0.2) is 0 Å². The molecule has 0 saturated carbocycles. The molecule has 138 valence electrons. The van der Waals surface area contributed by atoms with E-state index in [0.717, 1.165) is 23.3 Å². The highest BCUT2D eigenvalue weighted by Gasteiger charge is 2.25. The van der Waals surface area contributed by atoms with Crippen molar-refractivity contribution in [3.63, 3.8) is 0 Å². The number of nitrogens with one attached hydrogen (secondary N) is 1. The molecule has 1 amide bonds. The maximum atomic E-state index is 12.6. The summed E-state index contributed by atoms with van der Waals surface area (Å²) >= 11 is 1.42. The molecule has 2 heterocycles. The molecule has 1 atom stereocenters. The van der Waals surface area contributed by atoms with E-state index in [4.69, 9.17) is 9.47 Å². The second kappa shape index (κ2) is 8.47. The third kappa shape index (κ3) is 4.14. The Bertz CT molecular complexity index is 799. The van der Waals surface area contributed by atoms with Gasteiger partial charge in [-0.05, 0) is 37.0 Å². The maximum Gasteiger partial charge on any atom is 0.341 e. The monoisotopic (exact) mass is 373 g/mol. The number of benzene rings is 1. The Morgan fingerprint density at radius 1 is 1.31 bits per heavy atom. The maximum absolute atomic E-state index is 12.6. The molecule has 0 bridgehead atoms. The lowest BCUT2D eigenvalue weighted by Gasteiger charge is -2.25. The fourth-order valence-corrected chi connectivity index (χ4v) is 4.06. The molecule has 1 aromatic heterocycles. The van der Waals surface area contributed by atoms with Gasteiger partial charge in [0.05, 0.1) is 31.3 Å². The number of anilines is 1. The van der Waals surface area contributed by atoms with Gasteiger partial charge in [-0.15, -0.1) is 11.3 Å². The van der Waals surface area contributed by atoms with Crippen LogP contribution in [0.3, 0.4) is 0 Å². The van der Waals surface area contributed by atoms with Crippen molar-refractivity contribution >= 4 is 28.2 Å². The average Bonchev–Trinajstić information content (AvgIpc) is 3.05. The number of carbonyl (C=O) groups is 2. The Kier molecular flexibility index (Phi) is 6.06. The number of hydrogen-bond acceptors (Lipinski definition) is 5. The summed E-state index contributed by atoms with van der Waals surface area (Å²) in [6.07, 6.45) is 1.63. The van der Waals surface area contributed by atoms with Crippen molar-refractivity contribution in [2.45, 2.75) is 39.2 Å². The van der Waals surface area contributed by atoms with E-state index in [2.05, 4.69) is 11.4 Å². The van der Waals surface area contributed by atoms with Gasteiger partial charge >= 0.3 is 5.97 Å². The predicted octanol–water partition coefficient (Wildman–Crippen LogP) is 4.13. The summed E-state index contributed by atoms with van der Waals surface area (Å²) in [5, 5.41) is 3.43. The molecule has 26 heavy (non-hydrogen) atoms. The Balaban J connectivity index is 1.73. The topological polar surface area (TPSA) is 64.6 Å². The highest BCUT2D eigenvalue weighted by molar-refractivity contribution is 7.16. The van der Waals surface area contributed by atoms with E-state index in [0.29, 0.717) is 23.8 Å². The summed E-state index contributed by atoms with van der Waals surface area (Å²) in [7, 11) is 0. The molecule has 0 saturated heterocycles. The molecule has 1 N–H and O–H groups in total. The van der Waals surface area contributed by atoms with Crippen molar-refractivity contribution in [2.75, 3.05) is 18.5 Å². The van der Waals surface area contributed by atoms with E-state index in [-0.39, 0.29) is 18.4 Å². The number of carbonyl (C=O) groups excluding carboxylic acids is 2. The molecular formula is C20H23NO4S. The van der Waals surface area contributed by atoms with E-state index in [1.807, 2.05) is 25.1 Å². The van der Waals surface area contributed by atoms with Gasteiger partial charge in [-0.25, -0.2) is 4.79 Å². The van der Waals surface area contributed by atoms with E-state index < -0.39 is 5.97 Å². The Hall–Kier alpha value is -2.18. The van der Waals surface area contributed by atoms with Crippen molar-refractivity contribution in [3.8, 4) is 0 Å². The van der Waals surface area contributed by atoms with Crippen LogP contribution < -0.4 is 5.32 Å². The van der Waals surface area contributed by atoms with Crippen LogP contribution in [-0.4, -0.2) is 25.1 Å². The SMILES string of the molecule is CCOC(=O)c1cc(CC)sc1NC(=O)CC1OCCc2ccccc21. The molecule has 1 aliphatic rings. The minimum Gasteiger partial charge on any atom is -0.462 e. The first kappa shape index (κ1) is 18.6. The fraction of sp³-hybridized carbons (Fsp3) is 0.400. The van der Waals surface area contributed by atoms with Crippen molar-refractivity contribution in [1.82, 2.24) is 0 Å². The largest absolute Gasteiger partial charge is 0.462 e. The highest BCUT2D eigenvalue weighted by Crippen LogP contribution is 2.32. The summed E-state index contributed by atoms with van der Waals surface area (Å²) in [4.78, 5) is 25.8. The third-order valence-electron chi connectivity index (χ3n) is 4.34. The van der Waals surface area contributed by atoms with Crippen LogP contribution in [-0.2, 0) is 27.1 Å². The average molecular weight is 373 g/mol. The number of rotatable bonds is 6. The lowest BCUT2D eigenvalue weighted by atomic mass is 9.95. The Morgan fingerprint density at radius 2 is 2.12 bits per heavy atom. The summed E-state index contributed by atoms with van der Waals surface area (Å²) in [5.41, 5.74) is 2.72. The number of amides is 1. The number of thiophene rings is 1. The van der Waals surface area contributed by atoms with Gasteiger partial charge in [0.2, 0.25) is 5.91 Å². The molecule has 1 unspecified atom stereocenters. The number of aryl methyl sites for hydroxylation is 1. The molecule has 6 heteroatoms. The lowest BCUT2D eigenvalue weighted by molar-refractivity contribution is -0.119. The zero-order valence-corrected chi connectivity index (χ0v) is 15.9. The molecular weight excluding hydrogens is 350 g/mol. The molecule has 0 fully saturated rings. The van der Waals surface area contributed by atoms with Gasteiger partial charge in [0.25, 0.3) is 0 Å². The van der Waals surface area contributed by atoms with Gasteiger partial charge < -0.3 is 14.8 Å². The summed E-state index contributed by atoms with van der Waals surface area (Å²) in [5.74, 6) is -0.570. The second-order valence-corrected chi connectivity index (χ2v) is 7.23. The Labute approximate surface area is 157 Å². The quantitative estimate of drug-likeness (QED) is 0.773. The zero-order valence-electron chi connectivity index (χ0n) is 15.0. The molecule has 0 aliphatic carbocycles. The molecule has 1 aromatic carbocycles. The Morgan fingerprint density at radius 3 is 2.88 bits per heavy atom. The van der Waals surface area contributed by atoms with Crippen LogP contribution in [0.15, 0.2) is 30.3 Å². The van der Waals surface area contributed by atoms with Crippen molar-refractivity contribution < 1.29 is 19.1 Å². The van der Waals surface area contributed by atoms with Crippen LogP contribution in [0.1, 0.15) is 52.7 Å². The number of esters is 1. The number of fused-ring (bicyclic) bond motifs is 1. The zero-order chi connectivity index (χ0) is 18.5. The first-order valence-electron chi connectivity index (χ1n) is 8.91. The van der Waals surface area contributed by atoms with Gasteiger partial charge in [-0.2, -0.15) is 0 Å². The van der Waals surface area contributed by atoms with Crippen molar-refractivity contribution in [2.24, 2.45) is 0 Å². The first-order valence-corrected chi connectivity index (χ1v) is 9.73. The van der Waals surface area contributed by atoms with E-state index >= 15 is 0 Å². The summed E-state index contributed by atoms with van der Waals surface area (Å²) in [6.45, 7) is 4.69. The van der Waals surface area contributed by atoms with Gasteiger partial charge in [-0.1, -0.05) is 31.2 Å². The normalized spacial score (nSPS) is 16.0. The molecule has 0 spiro atoms. The summed E-state index contributed by atoms with van der Waals surface area (Å²) < 4.78 is 10.9. The van der Waals surface area contributed by atoms with Crippen molar-refractivity contribution in [3.05, 3.63) is 51.9 Å². The smallest absolute Gasteiger partial charge is 0.341 e. The second-order valence-electron chi connectivity index (χ2n) is 6.09. The first-order chi connectivity index (χ1) is 12.6. The number of hydrogen-bond donors (Lipinski definition) is 1. The highest BCUT2D eigenvalue weighted by atomic mass is 32.1. The van der Waals surface area contributed by atoms with E-state index in [1.54, 1.807) is 13.0 Å². The van der Waals surface area contributed by atoms with E-state index in [1.165, 1.54) is 16.9 Å². The van der Waals surface area contributed by atoms with Crippen LogP contribution in [0.25, 0.3) is 0 Å². The molecule has 3 rings (SSSR count). The minimum atomic E-state index is -0.405. The van der Waals surface area contributed by atoms with Crippen LogP contribution in [0.4, 0.5) is 5.00 Å². The summed E-state index contributed by atoms with van der Waals surface area (Å²) in [6, 6.07) is 9.85. The molecule has 5 nitrogen and oxygen atoms in total. The van der Waals surface area contributed by atoms with Crippen LogP contribution in [0, 0.1) is 0 Å². The lowest BCUT2D eigenvalue weighted by Crippen LogP contribution is -2.22. The van der Waals surface area contributed by atoms with E-state index in [9.17, 15) is 9.59 Å². The third-order valence-corrected chi connectivity index (χ3v) is 5.54.